The van der Waals surface area contributed by atoms with Crippen molar-refractivity contribution in [2.75, 3.05) is 5.73 Å². The van der Waals surface area contributed by atoms with Crippen LogP contribution >= 0.6 is 31.9 Å². The van der Waals surface area contributed by atoms with E-state index in [0.717, 1.165) is 0 Å². The predicted molar refractivity (Wildman–Crippen MR) is 50.7 cm³/mol. The first kappa shape index (κ1) is 9.40. The minimum atomic E-state index is -0.586. The highest BCUT2D eigenvalue weighted by Crippen LogP contribution is 2.33. The van der Waals surface area contributed by atoms with Gasteiger partial charge in [0, 0.05) is 6.20 Å². The normalized spacial score (nSPS) is 9.83. The first-order valence-corrected chi connectivity index (χ1v) is 4.36. The minimum absolute atomic E-state index is 0.0712. The third-order valence-corrected chi connectivity index (χ3v) is 2.39. The summed E-state index contributed by atoms with van der Waals surface area (Å²) in [6, 6.07) is 0. The Morgan fingerprint density at radius 1 is 1.58 bits per heavy atom. The maximum absolute atomic E-state index is 10.4. The van der Waals surface area contributed by atoms with Crippen LogP contribution in [0.3, 0.4) is 0 Å². The Hall–Kier alpha value is -0.690. The van der Waals surface area contributed by atoms with Gasteiger partial charge in [0.05, 0.1) is 9.40 Å². The van der Waals surface area contributed by atoms with Gasteiger partial charge in [-0.3, -0.25) is 10.1 Å². The molecule has 1 aromatic rings. The Kier molecular flexibility index (Phi) is 2.63. The number of pyridine rings is 1. The van der Waals surface area contributed by atoms with Crippen LogP contribution in [0, 0.1) is 10.1 Å². The Bertz CT molecular complexity index is 342. The molecule has 64 valence electrons. The molecule has 0 amide bonds. The summed E-state index contributed by atoms with van der Waals surface area (Å²) in [6.07, 6.45) is 1.40. The number of aromatic nitrogens is 1. The molecule has 7 heteroatoms. The summed E-state index contributed by atoms with van der Waals surface area (Å²) in [4.78, 5) is 13.6. The topological polar surface area (TPSA) is 82.0 Å². The molecule has 0 saturated carbocycles. The number of nitrogens with two attached hydrogens (primary N) is 1. The van der Waals surface area contributed by atoms with E-state index in [9.17, 15) is 10.1 Å². The lowest BCUT2D eigenvalue weighted by Gasteiger charge is -1.99. The summed E-state index contributed by atoms with van der Waals surface area (Å²) in [6.45, 7) is 0. The summed E-state index contributed by atoms with van der Waals surface area (Å²) in [5.41, 5.74) is 5.28. The van der Waals surface area contributed by atoms with Gasteiger partial charge in [0.25, 0.3) is 0 Å². The Morgan fingerprint density at radius 3 is 2.58 bits per heavy atom. The van der Waals surface area contributed by atoms with Gasteiger partial charge in [-0.05, 0) is 31.9 Å². The molecular formula is C5H3Br2N3O2. The van der Waals surface area contributed by atoms with Gasteiger partial charge < -0.3 is 5.73 Å². The maximum atomic E-state index is 10.4. The molecule has 0 aliphatic rings. The maximum Gasteiger partial charge on any atom is 0.325 e. The fourth-order valence-electron chi connectivity index (χ4n) is 0.642. The van der Waals surface area contributed by atoms with Gasteiger partial charge in [-0.15, -0.1) is 0 Å². The molecule has 0 atom stereocenters. The second-order valence-corrected chi connectivity index (χ2v) is 3.52. The number of rotatable bonds is 1. The van der Waals surface area contributed by atoms with Crippen LogP contribution in [0.1, 0.15) is 0 Å². The molecule has 0 aliphatic heterocycles. The van der Waals surface area contributed by atoms with Crippen molar-refractivity contribution in [1.29, 1.82) is 0 Å². The highest BCUT2D eigenvalue weighted by atomic mass is 79.9. The van der Waals surface area contributed by atoms with E-state index in [1.807, 2.05) is 0 Å². The molecule has 0 radical (unpaired) electrons. The van der Waals surface area contributed by atoms with Crippen molar-refractivity contribution in [3.8, 4) is 0 Å². The monoisotopic (exact) mass is 295 g/mol. The van der Waals surface area contributed by atoms with Gasteiger partial charge in [0.2, 0.25) is 0 Å². The van der Waals surface area contributed by atoms with Crippen LogP contribution in [0.2, 0.25) is 0 Å². The van der Waals surface area contributed by atoms with Crippen LogP contribution < -0.4 is 5.73 Å². The van der Waals surface area contributed by atoms with E-state index < -0.39 is 4.92 Å². The smallest absolute Gasteiger partial charge is 0.325 e. The molecule has 0 fully saturated rings. The van der Waals surface area contributed by atoms with Crippen molar-refractivity contribution in [2.24, 2.45) is 0 Å². The first-order valence-electron chi connectivity index (χ1n) is 2.78. The zero-order chi connectivity index (χ0) is 9.30. The lowest BCUT2D eigenvalue weighted by molar-refractivity contribution is -0.385. The SMILES string of the molecule is Nc1c(Br)cnc(Br)c1[N+](=O)[O-]. The van der Waals surface area contributed by atoms with Gasteiger partial charge in [-0.25, -0.2) is 4.98 Å². The van der Waals surface area contributed by atoms with Gasteiger partial charge in [0.1, 0.15) is 5.69 Å². The van der Waals surface area contributed by atoms with E-state index in [1.165, 1.54) is 6.20 Å². The van der Waals surface area contributed by atoms with Crippen molar-refractivity contribution in [3.05, 3.63) is 25.4 Å². The molecule has 1 heterocycles. The summed E-state index contributed by atoms with van der Waals surface area (Å²) in [5.74, 6) is 0. The summed E-state index contributed by atoms with van der Waals surface area (Å²) < 4.78 is 0.547. The average Bonchev–Trinajstić information content (AvgIpc) is 1.97. The van der Waals surface area contributed by atoms with Crippen molar-refractivity contribution in [3.63, 3.8) is 0 Å². The van der Waals surface area contributed by atoms with Gasteiger partial charge in [-0.1, -0.05) is 0 Å². The lowest BCUT2D eigenvalue weighted by atomic mass is 10.4. The van der Waals surface area contributed by atoms with E-state index in [4.69, 9.17) is 5.73 Å². The highest BCUT2D eigenvalue weighted by Gasteiger charge is 2.19. The number of nitrogens with zero attached hydrogens (tertiary/aromatic N) is 2. The average molecular weight is 297 g/mol. The minimum Gasteiger partial charge on any atom is -0.392 e. The largest absolute Gasteiger partial charge is 0.392 e. The van der Waals surface area contributed by atoms with Gasteiger partial charge >= 0.3 is 5.69 Å². The Balaban J connectivity index is 3.43. The fourth-order valence-corrected chi connectivity index (χ4v) is 1.39. The molecule has 0 unspecified atom stereocenters. The van der Waals surface area contributed by atoms with Crippen molar-refractivity contribution in [2.45, 2.75) is 0 Å². The molecule has 1 rings (SSSR count). The van der Waals surface area contributed by atoms with E-state index in [0.29, 0.717) is 4.47 Å². The number of nitrogen functional groups attached to an aromatic ring is 1. The second-order valence-electron chi connectivity index (χ2n) is 1.92. The highest BCUT2D eigenvalue weighted by molar-refractivity contribution is 9.11. The van der Waals surface area contributed by atoms with E-state index in [-0.39, 0.29) is 16.0 Å². The zero-order valence-corrected chi connectivity index (χ0v) is 8.79. The van der Waals surface area contributed by atoms with Gasteiger partial charge in [-0.2, -0.15) is 0 Å². The number of hydrogen-bond acceptors (Lipinski definition) is 4. The van der Waals surface area contributed by atoms with Crippen molar-refractivity contribution in [1.82, 2.24) is 4.98 Å². The summed E-state index contributed by atoms with van der Waals surface area (Å²) in [7, 11) is 0. The van der Waals surface area contributed by atoms with Crippen LogP contribution in [-0.4, -0.2) is 9.91 Å². The molecule has 0 bridgehead atoms. The number of anilines is 1. The Morgan fingerprint density at radius 2 is 2.17 bits per heavy atom. The molecule has 1 aromatic heterocycles. The number of nitro groups is 1. The molecular weight excluding hydrogens is 294 g/mol. The van der Waals surface area contributed by atoms with E-state index in [1.54, 1.807) is 0 Å². The Labute approximate surface area is 84.4 Å². The van der Waals surface area contributed by atoms with Crippen molar-refractivity contribution < 1.29 is 4.92 Å². The molecule has 12 heavy (non-hydrogen) atoms. The fraction of sp³-hybridized carbons (Fsp3) is 0. The number of hydrogen-bond donors (Lipinski definition) is 1. The zero-order valence-electron chi connectivity index (χ0n) is 5.62. The summed E-state index contributed by atoms with van der Waals surface area (Å²) in [5, 5.41) is 10.4. The molecule has 5 nitrogen and oxygen atoms in total. The molecule has 0 aliphatic carbocycles. The van der Waals surface area contributed by atoms with Crippen LogP contribution in [0.4, 0.5) is 11.4 Å². The molecule has 0 saturated heterocycles. The van der Waals surface area contributed by atoms with E-state index >= 15 is 0 Å². The van der Waals surface area contributed by atoms with Crippen LogP contribution in [-0.2, 0) is 0 Å². The first-order chi connectivity index (χ1) is 5.54. The molecule has 0 spiro atoms. The predicted octanol–water partition coefficient (Wildman–Crippen LogP) is 2.10. The lowest BCUT2D eigenvalue weighted by Crippen LogP contribution is -1.98. The third-order valence-electron chi connectivity index (χ3n) is 1.18. The number of halogens is 2. The van der Waals surface area contributed by atoms with E-state index in [2.05, 4.69) is 36.8 Å². The third kappa shape index (κ3) is 1.56. The summed E-state index contributed by atoms with van der Waals surface area (Å²) >= 11 is 5.96. The second kappa shape index (κ2) is 3.36. The van der Waals surface area contributed by atoms with Crippen LogP contribution in [0.5, 0.6) is 0 Å². The van der Waals surface area contributed by atoms with Crippen LogP contribution in [0.25, 0.3) is 0 Å². The standard InChI is InChI=1S/C5H3Br2N3O2/c6-2-1-9-5(7)4(3(2)8)10(11)12/h1H,(H2,8,9). The molecule has 2 N–H and O–H groups in total. The molecule has 0 aromatic carbocycles. The quantitative estimate of drug-likeness (QED) is 0.489. The van der Waals surface area contributed by atoms with Crippen molar-refractivity contribution >= 4 is 43.2 Å². The van der Waals surface area contributed by atoms with Crippen LogP contribution in [0.15, 0.2) is 15.3 Å². The van der Waals surface area contributed by atoms with Gasteiger partial charge in [0.15, 0.2) is 4.60 Å².